The van der Waals surface area contributed by atoms with Crippen molar-refractivity contribution in [1.82, 2.24) is 9.97 Å². The quantitative estimate of drug-likeness (QED) is 0.695. The van der Waals surface area contributed by atoms with E-state index in [4.69, 9.17) is 5.26 Å². The minimum absolute atomic E-state index is 0.0756. The van der Waals surface area contributed by atoms with E-state index in [1.165, 1.54) is 12.1 Å². The van der Waals surface area contributed by atoms with E-state index in [1.807, 2.05) is 12.1 Å². The largest absolute Gasteiger partial charge is 0.416 e. The maximum Gasteiger partial charge on any atom is 0.416 e. The van der Waals surface area contributed by atoms with Gasteiger partial charge in [-0.2, -0.15) is 18.4 Å². The highest BCUT2D eigenvalue weighted by Crippen LogP contribution is 2.33. The molecule has 0 aliphatic heterocycles. The lowest BCUT2D eigenvalue weighted by Gasteiger charge is -2.19. The molecule has 6 heteroatoms. The second kappa shape index (κ2) is 7.44. The minimum Gasteiger partial charge on any atom is -0.348 e. The second-order valence-electron chi connectivity index (χ2n) is 6.02. The molecule has 1 N–H and O–H groups in total. The van der Waals surface area contributed by atoms with E-state index in [1.54, 1.807) is 24.7 Å². The molecule has 3 nitrogen and oxygen atoms in total. The van der Waals surface area contributed by atoms with E-state index in [0.717, 1.165) is 29.0 Å². The van der Waals surface area contributed by atoms with Gasteiger partial charge in [-0.25, -0.2) is 4.98 Å². The first-order chi connectivity index (χ1) is 12.5. The van der Waals surface area contributed by atoms with E-state index in [2.05, 4.69) is 16.0 Å². The summed E-state index contributed by atoms with van der Waals surface area (Å²) >= 11 is 0. The monoisotopic (exact) mass is 355 g/mol. The zero-order chi connectivity index (χ0) is 18.6. The summed E-state index contributed by atoms with van der Waals surface area (Å²) in [6.07, 6.45) is 0.413. The SMILES string of the molecule is N#Cc1ccc(C(CCc2cnc[nH]2)c2ccc(C(F)(F)F)cc2)cc1. The number of aromatic amines is 1. The number of nitrogens with zero attached hydrogens (tertiary/aromatic N) is 2. The Morgan fingerprint density at radius 1 is 1.00 bits per heavy atom. The Bertz CT molecular complexity index is 874. The molecular formula is C20H16F3N3. The van der Waals surface area contributed by atoms with Crippen LogP contribution in [-0.4, -0.2) is 9.97 Å². The molecule has 26 heavy (non-hydrogen) atoms. The van der Waals surface area contributed by atoms with Gasteiger partial charge >= 0.3 is 6.18 Å². The Kier molecular flexibility index (Phi) is 5.08. The third-order valence-electron chi connectivity index (χ3n) is 4.34. The zero-order valence-corrected chi connectivity index (χ0v) is 13.8. The maximum absolute atomic E-state index is 12.8. The van der Waals surface area contributed by atoms with Crippen molar-refractivity contribution >= 4 is 0 Å². The number of aryl methyl sites for hydroxylation is 1. The Labute approximate surface area is 149 Å². The van der Waals surface area contributed by atoms with Gasteiger partial charge in [0, 0.05) is 17.8 Å². The average molecular weight is 355 g/mol. The number of imidazole rings is 1. The summed E-state index contributed by atoms with van der Waals surface area (Å²) in [7, 11) is 0. The molecule has 0 radical (unpaired) electrons. The molecular weight excluding hydrogens is 339 g/mol. The molecule has 0 saturated heterocycles. The summed E-state index contributed by atoms with van der Waals surface area (Å²) < 4.78 is 38.5. The van der Waals surface area contributed by atoms with Crippen LogP contribution in [0.15, 0.2) is 61.1 Å². The summed E-state index contributed by atoms with van der Waals surface area (Å²) in [6, 6.07) is 14.5. The van der Waals surface area contributed by atoms with Crippen LogP contribution in [0, 0.1) is 11.3 Å². The molecule has 2 aromatic carbocycles. The first-order valence-electron chi connectivity index (χ1n) is 8.12. The van der Waals surface area contributed by atoms with E-state index >= 15 is 0 Å². The van der Waals surface area contributed by atoms with Gasteiger partial charge in [0.25, 0.3) is 0 Å². The fourth-order valence-electron chi connectivity index (χ4n) is 2.94. The highest BCUT2D eigenvalue weighted by atomic mass is 19.4. The Hall–Kier alpha value is -3.07. The Morgan fingerprint density at radius 3 is 2.12 bits per heavy atom. The number of nitrogens with one attached hydrogen (secondary N) is 1. The van der Waals surface area contributed by atoms with Gasteiger partial charge in [0.1, 0.15) is 0 Å². The number of benzene rings is 2. The number of nitriles is 1. The van der Waals surface area contributed by atoms with Crippen LogP contribution in [0.5, 0.6) is 0 Å². The van der Waals surface area contributed by atoms with Crippen molar-refractivity contribution in [2.75, 3.05) is 0 Å². The summed E-state index contributed by atoms with van der Waals surface area (Å²) in [4.78, 5) is 7.03. The van der Waals surface area contributed by atoms with E-state index in [0.29, 0.717) is 18.4 Å². The van der Waals surface area contributed by atoms with Crippen LogP contribution in [0.3, 0.4) is 0 Å². The molecule has 1 heterocycles. The van der Waals surface area contributed by atoms with Crippen LogP contribution >= 0.6 is 0 Å². The average Bonchev–Trinajstić information content (AvgIpc) is 3.16. The second-order valence-corrected chi connectivity index (χ2v) is 6.02. The van der Waals surface area contributed by atoms with Crippen LogP contribution in [0.2, 0.25) is 0 Å². The number of hydrogen-bond acceptors (Lipinski definition) is 2. The normalized spacial score (nSPS) is 12.5. The third kappa shape index (κ3) is 4.12. The molecule has 3 aromatic rings. The van der Waals surface area contributed by atoms with E-state index < -0.39 is 11.7 Å². The van der Waals surface area contributed by atoms with Crippen molar-refractivity contribution in [3.05, 3.63) is 89.0 Å². The number of rotatable bonds is 5. The Balaban J connectivity index is 1.89. The molecule has 0 spiro atoms. The summed E-state index contributed by atoms with van der Waals surface area (Å²) in [5.74, 6) is -0.0756. The van der Waals surface area contributed by atoms with Crippen LogP contribution in [0.25, 0.3) is 0 Å². The zero-order valence-electron chi connectivity index (χ0n) is 13.8. The third-order valence-corrected chi connectivity index (χ3v) is 4.34. The van der Waals surface area contributed by atoms with Gasteiger partial charge in [0.05, 0.1) is 23.5 Å². The van der Waals surface area contributed by atoms with Gasteiger partial charge in [-0.05, 0) is 48.2 Å². The molecule has 1 aromatic heterocycles. The van der Waals surface area contributed by atoms with Gasteiger partial charge in [0.2, 0.25) is 0 Å². The summed E-state index contributed by atoms with van der Waals surface area (Å²) in [5, 5.41) is 8.95. The number of H-pyrrole nitrogens is 1. The van der Waals surface area contributed by atoms with Crippen molar-refractivity contribution < 1.29 is 13.2 Å². The topological polar surface area (TPSA) is 52.5 Å². The standard InChI is InChI=1S/C20H16F3N3/c21-20(22,23)17-7-5-16(6-8-17)19(10-9-18-12-25-13-26-18)15-3-1-14(11-24)2-4-15/h1-8,12-13,19H,9-10H2,(H,25,26). The van der Waals surface area contributed by atoms with Gasteiger partial charge in [-0.15, -0.1) is 0 Å². The molecule has 0 fully saturated rings. The molecule has 3 rings (SSSR count). The molecule has 0 saturated carbocycles. The van der Waals surface area contributed by atoms with Gasteiger partial charge in [0.15, 0.2) is 0 Å². The lowest BCUT2D eigenvalue weighted by atomic mass is 9.86. The molecule has 1 unspecified atom stereocenters. The fourth-order valence-corrected chi connectivity index (χ4v) is 2.94. The van der Waals surface area contributed by atoms with Gasteiger partial charge in [-0.1, -0.05) is 24.3 Å². The maximum atomic E-state index is 12.8. The van der Waals surface area contributed by atoms with Crippen molar-refractivity contribution in [2.45, 2.75) is 24.9 Å². The van der Waals surface area contributed by atoms with Gasteiger partial charge < -0.3 is 4.98 Å². The van der Waals surface area contributed by atoms with E-state index in [-0.39, 0.29) is 5.92 Å². The Morgan fingerprint density at radius 2 is 1.62 bits per heavy atom. The molecule has 0 bridgehead atoms. The summed E-state index contributed by atoms with van der Waals surface area (Å²) in [5.41, 5.74) is 2.63. The smallest absolute Gasteiger partial charge is 0.348 e. The van der Waals surface area contributed by atoms with Crippen LogP contribution < -0.4 is 0 Å². The van der Waals surface area contributed by atoms with Crippen LogP contribution in [0.1, 0.15) is 40.3 Å². The first kappa shape index (κ1) is 17.7. The highest BCUT2D eigenvalue weighted by molar-refractivity contribution is 5.38. The number of alkyl halides is 3. The number of hydrogen-bond donors (Lipinski definition) is 1. The van der Waals surface area contributed by atoms with Crippen LogP contribution in [0.4, 0.5) is 13.2 Å². The summed E-state index contributed by atoms with van der Waals surface area (Å²) in [6.45, 7) is 0. The van der Waals surface area contributed by atoms with Crippen molar-refractivity contribution in [2.24, 2.45) is 0 Å². The lowest BCUT2D eigenvalue weighted by molar-refractivity contribution is -0.137. The van der Waals surface area contributed by atoms with Gasteiger partial charge in [-0.3, -0.25) is 0 Å². The molecule has 1 atom stereocenters. The van der Waals surface area contributed by atoms with E-state index in [9.17, 15) is 13.2 Å². The predicted molar refractivity (Wildman–Crippen MR) is 91.4 cm³/mol. The number of halogens is 3. The van der Waals surface area contributed by atoms with Crippen molar-refractivity contribution in [3.8, 4) is 6.07 Å². The first-order valence-corrected chi connectivity index (χ1v) is 8.12. The number of aromatic nitrogens is 2. The van der Waals surface area contributed by atoms with Crippen molar-refractivity contribution in [1.29, 1.82) is 5.26 Å². The molecule has 132 valence electrons. The lowest BCUT2D eigenvalue weighted by Crippen LogP contribution is -2.07. The van der Waals surface area contributed by atoms with Crippen molar-refractivity contribution in [3.63, 3.8) is 0 Å². The molecule has 0 aliphatic rings. The fraction of sp³-hybridized carbons (Fsp3) is 0.200. The minimum atomic E-state index is -4.35. The molecule has 0 aliphatic carbocycles. The highest BCUT2D eigenvalue weighted by Gasteiger charge is 2.30. The predicted octanol–water partition coefficient (Wildman–Crippen LogP) is 5.06. The van der Waals surface area contributed by atoms with Crippen LogP contribution in [-0.2, 0) is 12.6 Å². The molecule has 0 amide bonds.